The normalized spacial score (nSPS) is 10.1. The quantitative estimate of drug-likeness (QED) is 0.827. The second-order valence-corrected chi connectivity index (χ2v) is 4.57. The van der Waals surface area contributed by atoms with Gasteiger partial charge in [-0.15, -0.1) is 0 Å². The molecule has 0 aliphatic rings. The van der Waals surface area contributed by atoms with Gasteiger partial charge in [-0.1, -0.05) is 25.1 Å². The molecule has 0 radical (unpaired) electrons. The third kappa shape index (κ3) is 3.38. The Morgan fingerprint density at radius 1 is 1.05 bits per heavy atom. The number of anilines is 1. The fourth-order valence-corrected chi connectivity index (χ4v) is 1.88. The van der Waals surface area contributed by atoms with E-state index in [0.717, 1.165) is 17.9 Å². The molecule has 1 amide bonds. The molecule has 0 fully saturated rings. The smallest absolute Gasteiger partial charge is 0.258 e. The third-order valence-electron chi connectivity index (χ3n) is 3.02. The van der Waals surface area contributed by atoms with Gasteiger partial charge in [-0.2, -0.15) is 0 Å². The predicted octanol–water partition coefficient (Wildman–Crippen LogP) is 3.75. The van der Waals surface area contributed by atoms with Crippen molar-refractivity contribution in [3.05, 3.63) is 60.2 Å². The van der Waals surface area contributed by atoms with E-state index in [1.165, 1.54) is 0 Å². The molecule has 0 heterocycles. The van der Waals surface area contributed by atoms with Gasteiger partial charge in [0.2, 0.25) is 0 Å². The summed E-state index contributed by atoms with van der Waals surface area (Å²) in [6, 6.07) is 16.8. The summed E-state index contributed by atoms with van der Waals surface area (Å²) in [5.41, 5.74) is 1.53. The largest absolute Gasteiger partial charge is 0.494 e. The first-order valence-electron chi connectivity index (χ1n) is 6.78. The summed E-state index contributed by atoms with van der Waals surface area (Å²) in [5, 5.41) is 0. The summed E-state index contributed by atoms with van der Waals surface area (Å²) in [5.74, 6) is 0.809. The maximum absolute atomic E-state index is 12.3. The molecule has 3 nitrogen and oxygen atoms in total. The van der Waals surface area contributed by atoms with Crippen LogP contribution < -0.4 is 9.64 Å². The molecule has 0 saturated heterocycles. The van der Waals surface area contributed by atoms with Gasteiger partial charge in [0.05, 0.1) is 6.61 Å². The first kappa shape index (κ1) is 14.1. The van der Waals surface area contributed by atoms with Crippen molar-refractivity contribution < 1.29 is 9.53 Å². The van der Waals surface area contributed by atoms with E-state index in [-0.39, 0.29) is 5.91 Å². The molecule has 3 heteroatoms. The molecule has 2 rings (SSSR count). The van der Waals surface area contributed by atoms with Gasteiger partial charge in [-0.05, 0) is 42.8 Å². The molecule has 0 unspecified atom stereocenters. The van der Waals surface area contributed by atoms with Crippen LogP contribution in [0.1, 0.15) is 23.7 Å². The van der Waals surface area contributed by atoms with E-state index in [2.05, 4.69) is 6.92 Å². The minimum absolute atomic E-state index is 0.0205. The Bertz CT molecular complexity index is 549. The highest BCUT2D eigenvalue weighted by Crippen LogP contribution is 2.20. The Hall–Kier alpha value is -2.29. The van der Waals surface area contributed by atoms with Crippen LogP contribution in [0, 0.1) is 0 Å². The van der Waals surface area contributed by atoms with Gasteiger partial charge in [0.1, 0.15) is 5.75 Å². The Morgan fingerprint density at radius 3 is 2.30 bits per heavy atom. The lowest BCUT2D eigenvalue weighted by Gasteiger charge is -2.17. The van der Waals surface area contributed by atoms with Crippen LogP contribution in [0.5, 0.6) is 5.75 Å². The molecule has 20 heavy (non-hydrogen) atoms. The monoisotopic (exact) mass is 269 g/mol. The lowest BCUT2D eigenvalue weighted by atomic mass is 10.2. The van der Waals surface area contributed by atoms with Gasteiger partial charge in [0.25, 0.3) is 5.91 Å². The van der Waals surface area contributed by atoms with Crippen LogP contribution in [0.3, 0.4) is 0 Å². The van der Waals surface area contributed by atoms with Crippen molar-refractivity contribution in [1.82, 2.24) is 0 Å². The van der Waals surface area contributed by atoms with Crippen molar-refractivity contribution in [2.24, 2.45) is 0 Å². The molecule has 2 aromatic rings. The Kier molecular flexibility index (Phi) is 4.77. The number of carbonyl (C=O) groups excluding carboxylic acids is 1. The zero-order chi connectivity index (χ0) is 14.4. The summed E-state index contributed by atoms with van der Waals surface area (Å²) >= 11 is 0. The average molecular weight is 269 g/mol. The Labute approximate surface area is 119 Å². The van der Waals surface area contributed by atoms with E-state index in [0.29, 0.717) is 12.2 Å². The summed E-state index contributed by atoms with van der Waals surface area (Å²) in [6.45, 7) is 2.78. The molecule has 0 aliphatic carbocycles. The lowest BCUT2D eigenvalue weighted by molar-refractivity contribution is 0.0993. The molecule has 2 aromatic carbocycles. The van der Waals surface area contributed by atoms with Crippen LogP contribution in [0.25, 0.3) is 0 Å². The third-order valence-corrected chi connectivity index (χ3v) is 3.02. The number of hydrogen-bond donors (Lipinski definition) is 0. The minimum atomic E-state index is -0.0205. The van der Waals surface area contributed by atoms with E-state index in [4.69, 9.17) is 4.74 Å². The fourth-order valence-electron chi connectivity index (χ4n) is 1.88. The van der Waals surface area contributed by atoms with Gasteiger partial charge < -0.3 is 9.64 Å². The highest BCUT2D eigenvalue weighted by molar-refractivity contribution is 6.05. The van der Waals surface area contributed by atoms with Crippen molar-refractivity contribution in [2.45, 2.75) is 13.3 Å². The van der Waals surface area contributed by atoms with Crippen LogP contribution in [0.2, 0.25) is 0 Å². The first-order chi connectivity index (χ1) is 9.72. The van der Waals surface area contributed by atoms with E-state index in [9.17, 15) is 4.79 Å². The second kappa shape index (κ2) is 6.75. The number of carbonyl (C=O) groups is 1. The van der Waals surface area contributed by atoms with E-state index >= 15 is 0 Å². The lowest BCUT2D eigenvalue weighted by Crippen LogP contribution is -2.25. The van der Waals surface area contributed by atoms with Crippen LogP contribution in [0.4, 0.5) is 5.69 Å². The van der Waals surface area contributed by atoms with Gasteiger partial charge in [-0.3, -0.25) is 4.79 Å². The second-order valence-electron chi connectivity index (χ2n) is 4.57. The van der Waals surface area contributed by atoms with Crippen molar-refractivity contribution in [2.75, 3.05) is 18.6 Å². The molecule has 0 bridgehead atoms. The summed E-state index contributed by atoms with van der Waals surface area (Å²) < 4.78 is 5.53. The van der Waals surface area contributed by atoms with E-state index in [1.54, 1.807) is 11.9 Å². The van der Waals surface area contributed by atoms with Crippen molar-refractivity contribution in [3.63, 3.8) is 0 Å². The molecule has 0 atom stereocenters. The van der Waals surface area contributed by atoms with Crippen LogP contribution in [0.15, 0.2) is 54.6 Å². The van der Waals surface area contributed by atoms with Crippen molar-refractivity contribution in [1.29, 1.82) is 0 Å². The molecule has 0 aliphatic heterocycles. The van der Waals surface area contributed by atoms with Gasteiger partial charge >= 0.3 is 0 Å². The van der Waals surface area contributed by atoms with Gasteiger partial charge in [0, 0.05) is 18.3 Å². The van der Waals surface area contributed by atoms with Gasteiger partial charge in [-0.25, -0.2) is 0 Å². The molecule has 0 spiro atoms. The molecule has 0 saturated carbocycles. The first-order valence-corrected chi connectivity index (χ1v) is 6.78. The number of amides is 1. The number of nitrogens with zero attached hydrogens (tertiary/aromatic N) is 1. The van der Waals surface area contributed by atoms with E-state index in [1.807, 2.05) is 54.6 Å². The summed E-state index contributed by atoms with van der Waals surface area (Å²) in [4.78, 5) is 13.9. The minimum Gasteiger partial charge on any atom is -0.494 e. The maximum atomic E-state index is 12.3. The number of rotatable bonds is 5. The van der Waals surface area contributed by atoms with Gasteiger partial charge in [0.15, 0.2) is 0 Å². The molecule has 104 valence electrons. The average Bonchev–Trinajstić information content (AvgIpc) is 2.53. The van der Waals surface area contributed by atoms with Crippen LogP contribution in [-0.2, 0) is 0 Å². The van der Waals surface area contributed by atoms with Crippen LogP contribution >= 0.6 is 0 Å². The molecule has 0 aromatic heterocycles. The Morgan fingerprint density at radius 2 is 1.70 bits per heavy atom. The summed E-state index contributed by atoms with van der Waals surface area (Å²) in [6.07, 6.45) is 0.980. The molecule has 0 N–H and O–H groups in total. The Balaban J connectivity index is 2.09. The van der Waals surface area contributed by atoms with Crippen molar-refractivity contribution in [3.8, 4) is 5.75 Å². The number of ether oxygens (including phenoxy) is 1. The number of hydrogen-bond acceptors (Lipinski definition) is 2. The standard InChI is InChI=1S/C17H19NO2/c1-3-13-20-16-11-9-15(10-12-16)18(2)17(19)14-7-5-4-6-8-14/h4-12H,3,13H2,1-2H3. The highest BCUT2D eigenvalue weighted by Gasteiger charge is 2.12. The predicted molar refractivity (Wildman–Crippen MR) is 81.4 cm³/mol. The topological polar surface area (TPSA) is 29.5 Å². The zero-order valence-corrected chi connectivity index (χ0v) is 11.9. The van der Waals surface area contributed by atoms with Crippen molar-refractivity contribution >= 4 is 11.6 Å². The zero-order valence-electron chi connectivity index (χ0n) is 11.9. The summed E-state index contributed by atoms with van der Waals surface area (Å²) in [7, 11) is 1.78. The van der Waals surface area contributed by atoms with Crippen LogP contribution in [-0.4, -0.2) is 19.6 Å². The maximum Gasteiger partial charge on any atom is 0.258 e. The number of benzene rings is 2. The SMILES string of the molecule is CCCOc1ccc(N(C)C(=O)c2ccccc2)cc1. The van der Waals surface area contributed by atoms with E-state index < -0.39 is 0 Å². The molecular formula is C17H19NO2. The highest BCUT2D eigenvalue weighted by atomic mass is 16.5. The molecular weight excluding hydrogens is 250 g/mol. The fraction of sp³-hybridized carbons (Fsp3) is 0.235.